The molecule has 2 N–H and O–H groups in total. The van der Waals surface area contributed by atoms with Gasteiger partial charge in [0.25, 0.3) is 5.91 Å². The summed E-state index contributed by atoms with van der Waals surface area (Å²) in [4.78, 5) is 16.2. The summed E-state index contributed by atoms with van der Waals surface area (Å²) in [6.07, 6.45) is 1.50. The van der Waals surface area contributed by atoms with Crippen LogP contribution in [-0.4, -0.2) is 35.0 Å². The largest absolute Gasteiger partial charge is 0.370 e. The molecule has 1 heterocycles. The van der Waals surface area contributed by atoms with Crippen LogP contribution in [0.25, 0.3) is 0 Å². The summed E-state index contributed by atoms with van der Waals surface area (Å²) in [6, 6.07) is 1.80. The molecule has 0 bridgehead atoms. The minimum absolute atomic E-state index is 0.115. The molecule has 0 fully saturated rings. The number of carbonyl (C=O) groups is 1. The molecule has 0 aliphatic rings. The van der Waals surface area contributed by atoms with Gasteiger partial charge in [0, 0.05) is 24.5 Å². The van der Waals surface area contributed by atoms with E-state index in [1.165, 1.54) is 6.20 Å². The molecule has 1 amide bonds. The van der Waals surface area contributed by atoms with Crippen LogP contribution in [0, 0.1) is 0 Å². The van der Waals surface area contributed by atoms with Gasteiger partial charge < -0.3 is 10.6 Å². The Morgan fingerprint density at radius 1 is 1.53 bits per heavy atom. The topological polar surface area (TPSA) is 54.0 Å². The van der Waals surface area contributed by atoms with Crippen molar-refractivity contribution in [3.8, 4) is 0 Å². The second kappa shape index (κ2) is 8.27. The second-order valence-corrected chi connectivity index (χ2v) is 5.84. The number of rotatable bonds is 7. The van der Waals surface area contributed by atoms with E-state index in [1.807, 2.05) is 13.8 Å². The molecule has 0 saturated carbocycles. The fourth-order valence-electron chi connectivity index (χ4n) is 1.53. The molecule has 4 nitrogen and oxygen atoms in total. The van der Waals surface area contributed by atoms with Gasteiger partial charge in [0.05, 0.1) is 10.6 Å². The second-order valence-electron chi connectivity index (χ2n) is 4.11. The SMILES string of the molecule is CCNc1cc(C(=O)NC(C)CSCC)c(Cl)cn1. The number of thioether (sulfide) groups is 1. The molecule has 1 atom stereocenters. The third-order valence-electron chi connectivity index (χ3n) is 2.41. The van der Waals surface area contributed by atoms with Crippen molar-refractivity contribution >= 4 is 35.1 Å². The summed E-state index contributed by atoms with van der Waals surface area (Å²) in [7, 11) is 0. The summed E-state index contributed by atoms with van der Waals surface area (Å²) in [6.45, 7) is 6.81. The Labute approximate surface area is 123 Å². The zero-order chi connectivity index (χ0) is 14.3. The van der Waals surface area contributed by atoms with Crippen LogP contribution in [0.3, 0.4) is 0 Å². The van der Waals surface area contributed by atoms with E-state index in [-0.39, 0.29) is 11.9 Å². The molecule has 0 radical (unpaired) electrons. The van der Waals surface area contributed by atoms with Crippen LogP contribution in [0.4, 0.5) is 5.82 Å². The quantitative estimate of drug-likeness (QED) is 0.813. The Bertz CT molecular complexity index is 428. The number of hydrogen-bond acceptors (Lipinski definition) is 4. The predicted octanol–water partition coefficient (Wildman–Crippen LogP) is 3.04. The lowest BCUT2D eigenvalue weighted by molar-refractivity contribution is 0.0944. The Balaban J connectivity index is 2.72. The Kier molecular flexibility index (Phi) is 7.02. The number of pyridine rings is 1. The van der Waals surface area contributed by atoms with Crippen LogP contribution in [0.1, 0.15) is 31.1 Å². The molecular weight excluding hydrogens is 282 g/mol. The van der Waals surface area contributed by atoms with Crippen LogP contribution in [0.2, 0.25) is 5.02 Å². The van der Waals surface area contributed by atoms with Crippen molar-refractivity contribution in [3.05, 3.63) is 22.8 Å². The fourth-order valence-corrected chi connectivity index (χ4v) is 2.39. The van der Waals surface area contributed by atoms with Crippen LogP contribution in [0.15, 0.2) is 12.3 Å². The molecule has 106 valence electrons. The maximum Gasteiger partial charge on any atom is 0.253 e. The van der Waals surface area contributed by atoms with Gasteiger partial charge in [0.1, 0.15) is 5.82 Å². The van der Waals surface area contributed by atoms with Gasteiger partial charge in [-0.3, -0.25) is 4.79 Å². The van der Waals surface area contributed by atoms with E-state index >= 15 is 0 Å². The number of hydrogen-bond donors (Lipinski definition) is 2. The number of nitrogens with one attached hydrogen (secondary N) is 2. The van der Waals surface area contributed by atoms with Gasteiger partial charge in [-0.05, 0) is 25.7 Å². The van der Waals surface area contributed by atoms with Gasteiger partial charge in [-0.1, -0.05) is 18.5 Å². The average molecular weight is 302 g/mol. The zero-order valence-corrected chi connectivity index (χ0v) is 13.1. The molecule has 0 spiro atoms. The molecule has 0 saturated heterocycles. The molecule has 0 aliphatic carbocycles. The highest BCUT2D eigenvalue weighted by Crippen LogP contribution is 2.18. The number of anilines is 1. The van der Waals surface area contributed by atoms with Crippen molar-refractivity contribution in [2.75, 3.05) is 23.4 Å². The fraction of sp³-hybridized carbons (Fsp3) is 0.538. The molecule has 1 rings (SSSR count). The smallest absolute Gasteiger partial charge is 0.253 e. The number of nitrogens with zero attached hydrogens (tertiary/aromatic N) is 1. The first-order valence-electron chi connectivity index (χ1n) is 6.36. The van der Waals surface area contributed by atoms with Gasteiger partial charge in [-0.25, -0.2) is 4.98 Å². The van der Waals surface area contributed by atoms with E-state index < -0.39 is 0 Å². The van der Waals surface area contributed by atoms with E-state index in [0.29, 0.717) is 16.4 Å². The highest BCUT2D eigenvalue weighted by atomic mass is 35.5. The summed E-state index contributed by atoms with van der Waals surface area (Å²) >= 11 is 7.82. The molecule has 1 unspecified atom stereocenters. The summed E-state index contributed by atoms with van der Waals surface area (Å²) in [5.41, 5.74) is 0.459. The van der Waals surface area contributed by atoms with Crippen molar-refractivity contribution in [1.29, 1.82) is 0 Å². The molecule has 1 aromatic rings. The van der Waals surface area contributed by atoms with Gasteiger partial charge in [-0.15, -0.1) is 0 Å². The van der Waals surface area contributed by atoms with Gasteiger partial charge in [0.2, 0.25) is 0 Å². The first kappa shape index (κ1) is 16.1. The number of carbonyl (C=O) groups excluding carboxylic acids is 1. The number of amides is 1. The Hall–Kier alpha value is -0.940. The predicted molar refractivity (Wildman–Crippen MR) is 83.3 cm³/mol. The molecule has 6 heteroatoms. The van der Waals surface area contributed by atoms with Crippen LogP contribution in [0.5, 0.6) is 0 Å². The van der Waals surface area contributed by atoms with Gasteiger partial charge >= 0.3 is 0 Å². The average Bonchev–Trinajstić information content (AvgIpc) is 2.38. The van der Waals surface area contributed by atoms with E-state index in [4.69, 9.17) is 11.6 Å². The summed E-state index contributed by atoms with van der Waals surface area (Å²) < 4.78 is 0. The first-order chi connectivity index (χ1) is 9.08. The molecule has 0 aliphatic heterocycles. The monoisotopic (exact) mass is 301 g/mol. The number of aromatic nitrogens is 1. The van der Waals surface area contributed by atoms with Crippen LogP contribution >= 0.6 is 23.4 Å². The summed E-state index contributed by atoms with van der Waals surface area (Å²) in [5, 5.41) is 6.38. The van der Waals surface area contributed by atoms with Crippen molar-refractivity contribution in [1.82, 2.24) is 10.3 Å². The minimum atomic E-state index is -0.157. The van der Waals surface area contributed by atoms with Crippen molar-refractivity contribution in [2.45, 2.75) is 26.8 Å². The lowest BCUT2D eigenvalue weighted by Crippen LogP contribution is -2.34. The Morgan fingerprint density at radius 3 is 2.89 bits per heavy atom. The summed E-state index contributed by atoms with van der Waals surface area (Å²) in [5.74, 6) is 2.44. The highest BCUT2D eigenvalue weighted by Gasteiger charge is 2.14. The maximum atomic E-state index is 12.1. The normalized spacial score (nSPS) is 12.0. The molecule has 1 aromatic heterocycles. The minimum Gasteiger partial charge on any atom is -0.370 e. The highest BCUT2D eigenvalue weighted by molar-refractivity contribution is 7.99. The number of halogens is 1. The van der Waals surface area contributed by atoms with Crippen molar-refractivity contribution < 1.29 is 4.79 Å². The van der Waals surface area contributed by atoms with E-state index in [0.717, 1.165) is 18.1 Å². The third kappa shape index (κ3) is 5.28. The third-order valence-corrected chi connectivity index (χ3v) is 3.85. The molecule has 0 aromatic carbocycles. The lowest BCUT2D eigenvalue weighted by atomic mass is 10.2. The standard InChI is InChI=1S/C13H20ClN3OS/c1-4-15-12-6-10(11(14)7-16-12)13(18)17-9(3)8-19-5-2/h6-7,9H,4-5,8H2,1-3H3,(H,15,16)(H,17,18). The zero-order valence-electron chi connectivity index (χ0n) is 11.5. The molecule has 19 heavy (non-hydrogen) atoms. The lowest BCUT2D eigenvalue weighted by Gasteiger charge is -2.14. The van der Waals surface area contributed by atoms with Crippen molar-refractivity contribution in [3.63, 3.8) is 0 Å². The van der Waals surface area contributed by atoms with Crippen LogP contribution in [-0.2, 0) is 0 Å². The van der Waals surface area contributed by atoms with Crippen LogP contribution < -0.4 is 10.6 Å². The van der Waals surface area contributed by atoms with E-state index in [9.17, 15) is 4.79 Å². The maximum absolute atomic E-state index is 12.1. The van der Waals surface area contributed by atoms with Gasteiger partial charge in [-0.2, -0.15) is 11.8 Å². The molecular formula is C13H20ClN3OS. The van der Waals surface area contributed by atoms with E-state index in [1.54, 1.807) is 17.8 Å². The van der Waals surface area contributed by atoms with Crippen molar-refractivity contribution in [2.24, 2.45) is 0 Å². The first-order valence-corrected chi connectivity index (χ1v) is 7.89. The van der Waals surface area contributed by atoms with Gasteiger partial charge in [0.15, 0.2) is 0 Å². The Morgan fingerprint density at radius 2 is 2.26 bits per heavy atom. The van der Waals surface area contributed by atoms with E-state index in [2.05, 4.69) is 22.5 Å².